The molecule has 0 saturated carbocycles. The zero-order chi connectivity index (χ0) is 13.1. The first-order valence-corrected chi connectivity index (χ1v) is 6.14. The molecule has 92 valence electrons. The maximum Gasteiger partial charge on any atom is 0.248 e. The predicted molar refractivity (Wildman–Crippen MR) is 74.9 cm³/mol. The molecular weight excluding hydrogens is 294 g/mol. The van der Waals surface area contributed by atoms with Crippen LogP contribution in [0.1, 0.15) is 15.9 Å². The smallest absolute Gasteiger partial charge is 0.248 e. The highest BCUT2D eigenvalue weighted by Crippen LogP contribution is 2.20. The first kappa shape index (κ1) is 12.6. The number of carbonyl (C=O) groups excluding carboxylic acids is 1. The summed E-state index contributed by atoms with van der Waals surface area (Å²) in [6, 6.07) is 8.87. The Bertz CT molecular complexity index is 581. The summed E-state index contributed by atoms with van der Waals surface area (Å²) in [6.45, 7) is 1.99. The van der Waals surface area contributed by atoms with Crippen molar-refractivity contribution >= 4 is 33.3 Å². The summed E-state index contributed by atoms with van der Waals surface area (Å²) >= 11 is 3.40. The lowest BCUT2D eigenvalue weighted by Gasteiger charge is -2.07. The minimum absolute atomic E-state index is 0.431. The van der Waals surface area contributed by atoms with Gasteiger partial charge in [0.05, 0.1) is 0 Å². The summed E-state index contributed by atoms with van der Waals surface area (Å²) in [7, 11) is 0. The van der Waals surface area contributed by atoms with Crippen LogP contribution in [0.4, 0.5) is 11.5 Å². The van der Waals surface area contributed by atoms with E-state index in [9.17, 15) is 4.79 Å². The highest BCUT2D eigenvalue weighted by atomic mass is 79.9. The van der Waals surface area contributed by atoms with Gasteiger partial charge >= 0.3 is 0 Å². The maximum atomic E-state index is 10.9. The van der Waals surface area contributed by atoms with E-state index in [1.807, 2.05) is 13.0 Å². The van der Waals surface area contributed by atoms with Crippen molar-refractivity contribution in [2.24, 2.45) is 5.73 Å². The molecule has 2 rings (SSSR count). The lowest BCUT2D eigenvalue weighted by Crippen LogP contribution is -2.10. The third-order valence-electron chi connectivity index (χ3n) is 2.49. The number of rotatable bonds is 3. The lowest BCUT2D eigenvalue weighted by atomic mass is 10.2. The number of nitrogens with one attached hydrogen (secondary N) is 1. The van der Waals surface area contributed by atoms with Crippen LogP contribution >= 0.6 is 15.9 Å². The molecule has 0 radical (unpaired) electrons. The Morgan fingerprint density at radius 1 is 1.33 bits per heavy atom. The number of nitrogens with two attached hydrogens (primary N) is 1. The number of anilines is 2. The van der Waals surface area contributed by atoms with Crippen molar-refractivity contribution in [3.63, 3.8) is 0 Å². The van der Waals surface area contributed by atoms with Crippen LogP contribution in [0.25, 0.3) is 0 Å². The van der Waals surface area contributed by atoms with Gasteiger partial charge in [0.25, 0.3) is 0 Å². The van der Waals surface area contributed by atoms with Gasteiger partial charge in [-0.05, 0) is 58.7 Å². The molecule has 0 fully saturated rings. The minimum atomic E-state index is -0.431. The van der Waals surface area contributed by atoms with Crippen LogP contribution in [0.3, 0.4) is 0 Å². The van der Waals surface area contributed by atoms with Gasteiger partial charge in [-0.2, -0.15) is 0 Å². The SMILES string of the molecule is Cc1cc(Nc2ccc(C(N)=O)cc2)ncc1Br. The molecule has 0 atom stereocenters. The van der Waals surface area contributed by atoms with E-state index in [1.165, 1.54) is 0 Å². The number of benzene rings is 1. The number of amides is 1. The fraction of sp³-hybridized carbons (Fsp3) is 0.0769. The zero-order valence-electron chi connectivity index (χ0n) is 9.77. The summed E-state index contributed by atoms with van der Waals surface area (Å²) in [5, 5.41) is 3.15. The van der Waals surface area contributed by atoms with Crippen molar-refractivity contribution < 1.29 is 4.79 Å². The number of halogens is 1. The number of carbonyl (C=O) groups is 1. The van der Waals surface area contributed by atoms with Crippen LogP contribution in [0.15, 0.2) is 41.0 Å². The molecule has 1 heterocycles. The molecule has 1 amide bonds. The predicted octanol–water partition coefficient (Wildman–Crippen LogP) is 3.00. The molecule has 0 aliphatic rings. The zero-order valence-corrected chi connectivity index (χ0v) is 11.4. The molecule has 1 aromatic carbocycles. The largest absolute Gasteiger partial charge is 0.366 e. The summed E-state index contributed by atoms with van der Waals surface area (Å²) in [5.74, 6) is 0.321. The Hall–Kier alpha value is -1.88. The highest BCUT2D eigenvalue weighted by Gasteiger charge is 2.02. The van der Waals surface area contributed by atoms with E-state index in [2.05, 4.69) is 26.2 Å². The van der Waals surface area contributed by atoms with E-state index in [4.69, 9.17) is 5.73 Å². The van der Waals surface area contributed by atoms with Crippen LogP contribution in [0.5, 0.6) is 0 Å². The van der Waals surface area contributed by atoms with E-state index in [1.54, 1.807) is 30.5 Å². The number of nitrogens with zero attached hydrogens (tertiary/aromatic N) is 1. The van der Waals surface area contributed by atoms with Crippen LogP contribution in [-0.2, 0) is 0 Å². The molecule has 0 spiro atoms. The molecule has 5 heteroatoms. The quantitative estimate of drug-likeness (QED) is 0.916. The molecule has 1 aromatic heterocycles. The average Bonchev–Trinajstić information content (AvgIpc) is 2.34. The van der Waals surface area contributed by atoms with E-state index in [-0.39, 0.29) is 0 Å². The molecule has 18 heavy (non-hydrogen) atoms. The Balaban J connectivity index is 2.18. The summed E-state index contributed by atoms with van der Waals surface area (Å²) in [4.78, 5) is 15.2. The van der Waals surface area contributed by atoms with Gasteiger partial charge in [-0.25, -0.2) is 4.98 Å². The van der Waals surface area contributed by atoms with E-state index >= 15 is 0 Å². The summed E-state index contributed by atoms with van der Waals surface area (Å²) in [6.07, 6.45) is 1.75. The van der Waals surface area contributed by atoms with Gasteiger partial charge < -0.3 is 11.1 Å². The monoisotopic (exact) mass is 305 g/mol. The molecule has 0 aliphatic carbocycles. The Morgan fingerprint density at radius 3 is 2.56 bits per heavy atom. The standard InChI is InChI=1S/C13H12BrN3O/c1-8-6-12(16-7-11(8)14)17-10-4-2-9(3-5-10)13(15)18/h2-7H,1H3,(H2,15,18)(H,16,17). The topological polar surface area (TPSA) is 68.0 Å². The Morgan fingerprint density at radius 2 is 2.00 bits per heavy atom. The first-order valence-electron chi connectivity index (χ1n) is 5.35. The van der Waals surface area contributed by atoms with Crippen LogP contribution in [-0.4, -0.2) is 10.9 Å². The van der Waals surface area contributed by atoms with Gasteiger partial charge in [-0.3, -0.25) is 4.79 Å². The van der Waals surface area contributed by atoms with Crippen LogP contribution < -0.4 is 11.1 Å². The Labute approximate surface area is 113 Å². The third-order valence-corrected chi connectivity index (χ3v) is 3.32. The summed E-state index contributed by atoms with van der Waals surface area (Å²) < 4.78 is 0.970. The lowest BCUT2D eigenvalue weighted by molar-refractivity contribution is 0.100. The van der Waals surface area contributed by atoms with Gasteiger partial charge in [-0.1, -0.05) is 0 Å². The number of pyridine rings is 1. The number of hydrogen-bond acceptors (Lipinski definition) is 3. The average molecular weight is 306 g/mol. The van der Waals surface area contributed by atoms with Gasteiger partial charge in [0.15, 0.2) is 0 Å². The van der Waals surface area contributed by atoms with E-state index < -0.39 is 5.91 Å². The number of primary amides is 1. The normalized spacial score (nSPS) is 10.1. The maximum absolute atomic E-state index is 10.9. The van der Waals surface area contributed by atoms with Gasteiger partial charge in [0, 0.05) is 21.9 Å². The molecular formula is C13H12BrN3O. The number of aromatic nitrogens is 1. The molecule has 2 aromatic rings. The van der Waals surface area contributed by atoms with Crippen LogP contribution in [0, 0.1) is 6.92 Å². The van der Waals surface area contributed by atoms with E-state index in [0.717, 1.165) is 21.5 Å². The second-order valence-electron chi connectivity index (χ2n) is 3.89. The third kappa shape index (κ3) is 2.87. The molecule has 0 aliphatic heterocycles. The van der Waals surface area contributed by atoms with Crippen LogP contribution in [0.2, 0.25) is 0 Å². The highest BCUT2D eigenvalue weighted by molar-refractivity contribution is 9.10. The van der Waals surface area contributed by atoms with Crippen molar-refractivity contribution in [1.82, 2.24) is 4.98 Å². The molecule has 0 unspecified atom stereocenters. The van der Waals surface area contributed by atoms with Gasteiger partial charge in [-0.15, -0.1) is 0 Å². The minimum Gasteiger partial charge on any atom is -0.366 e. The molecule has 3 N–H and O–H groups in total. The van der Waals surface area contributed by atoms with Crippen molar-refractivity contribution in [1.29, 1.82) is 0 Å². The second-order valence-corrected chi connectivity index (χ2v) is 4.74. The fourth-order valence-corrected chi connectivity index (χ4v) is 1.69. The second kappa shape index (κ2) is 5.18. The molecule has 0 bridgehead atoms. The van der Waals surface area contributed by atoms with Crippen molar-refractivity contribution in [3.05, 3.63) is 52.1 Å². The number of aryl methyl sites for hydroxylation is 1. The first-order chi connectivity index (χ1) is 8.56. The van der Waals surface area contributed by atoms with Crippen molar-refractivity contribution in [2.75, 3.05) is 5.32 Å². The van der Waals surface area contributed by atoms with Crippen molar-refractivity contribution in [2.45, 2.75) is 6.92 Å². The fourth-order valence-electron chi connectivity index (χ4n) is 1.47. The van der Waals surface area contributed by atoms with E-state index in [0.29, 0.717) is 5.56 Å². The van der Waals surface area contributed by atoms with Crippen molar-refractivity contribution in [3.8, 4) is 0 Å². The summed E-state index contributed by atoms with van der Waals surface area (Å²) in [5.41, 5.74) is 7.62. The molecule has 0 saturated heterocycles. The Kier molecular flexibility index (Phi) is 3.62. The molecule has 4 nitrogen and oxygen atoms in total. The van der Waals surface area contributed by atoms with Gasteiger partial charge in [0.2, 0.25) is 5.91 Å². The number of hydrogen-bond donors (Lipinski definition) is 2. The van der Waals surface area contributed by atoms with Gasteiger partial charge in [0.1, 0.15) is 5.82 Å².